The molecule has 0 aromatic rings. The number of amides is 1. The van der Waals surface area contributed by atoms with Gasteiger partial charge in [0.1, 0.15) is 5.60 Å². The van der Waals surface area contributed by atoms with Crippen molar-refractivity contribution in [2.24, 2.45) is 11.8 Å². The SMILES string of the molecule is CC(C)C1(O)CN(C(=O)C2CCOC2)C1. The van der Waals surface area contributed by atoms with Crippen LogP contribution in [0.4, 0.5) is 0 Å². The predicted octanol–water partition coefficient (Wildman–Crippen LogP) is 0.252. The fourth-order valence-electron chi connectivity index (χ4n) is 2.12. The van der Waals surface area contributed by atoms with Gasteiger partial charge in [0.05, 0.1) is 25.6 Å². The van der Waals surface area contributed by atoms with Gasteiger partial charge in [0.2, 0.25) is 5.91 Å². The van der Waals surface area contributed by atoms with Crippen molar-refractivity contribution in [1.29, 1.82) is 0 Å². The molecule has 2 aliphatic heterocycles. The summed E-state index contributed by atoms with van der Waals surface area (Å²) in [5.41, 5.74) is -0.658. The standard InChI is InChI=1S/C11H19NO3/c1-8(2)11(14)6-12(7-11)10(13)9-3-4-15-5-9/h8-9,14H,3-7H2,1-2H3. The Hall–Kier alpha value is -0.610. The van der Waals surface area contributed by atoms with Crippen LogP contribution in [0.3, 0.4) is 0 Å². The van der Waals surface area contributed by atoms with Crippen LogP contribution in [0.5, 0.6) is 0 Å². The number of rotatable bonds is 2. The van der Waals surface area contributed by atoms with Gasteiger partial charge in [0, 0.05) is 6.61 Å². The summed E-state index contributed by atoms with van der Waals surface area (Å²) in [5.74, 6) is 0.390. The molecule has 1 N–H and O–H groups in total. The van der Waals surface area contributed by atoms with Gasteiger partial charge in [-0.25, -0.2) is 0 Å². The Kier molecular flexibility index (Phi) is 2.73. The van der Waals surface area contributed by atoms with E-state index in [-0.39, 0.29) is 17.7 Å². The molecule has 4 nitrogen and oxygen atoms in total. The van der Waals surface area contributed by atoms with Gasteiger partial charge >= 0.3 is 0 Å². The van der Waals surface area contributed by atoms with Gasteiger partial charge in [0.15, 0.2) is 0 Å². The number of β-amino-alcohol motifs (C(OH)–C–C–N with tert-alkyl or cyclic N) is 1. The maximum Gasteiger partial charge on any atom is 0.228 e. The number of nitrogens with zero attached hydrogens (tertiary/aromatic N) is 1. The Morgan fingerprint density at radius 1 is 1.53 bits per heavy atom. The quantitative estimate of drug-likeness (QED) is 0.715. The topological polar surface area (TPSA) is 49.8 Å². The molecule has 1 atom stereocenters. The second kappa shape index (κ2) is 3.76. The molecular formula is C11H19NO3. The third-order valence-electron chi connectivity index (χ3n) is 3.59. The lowest BCUT2D eigenvalue weighted by Gasteiger charge is -2.49. The summed E-state index contributed by atoms with van der Waals surface area (Å²) >= 11 is 0. The van der Waals surface area contributed by atoms with Gasteiger partial charge < -0.3 is 14.7 Å². The second-order valence-corrected chi connectivity index (χ2v) is 5.01. The maximum atomic E-state index is 11.9. The van der Waals surface area contributed by atoms with Crippen molar-refractivity contribution in [2.75, 3.05) is 26.3 Å². The molecule has 0 bridgehead atoms. The largest absolute Gasteiger partial charge is 0.386 e. The molecule has 4 heteroatoms. The Bertz CT molecular complexity index is 253. The number of likely N-dealkylation sites (tertiary alicyclic amines) is 1. The van der Waals surface area contributed by atoms with Crippen LogP contribution in [0.2, 0.25) is 0 Å². The predicted molar refractivity (Wildman–Crippen MR) is 55.3 cm³/mol. The van der Waals surface area contributed by atoms with Crippen molar-refractivity contribution in [3.63, 3.8) is 0 Å². The average Bonchev–Trinajstić information content (AvgIpc) is 2.64. The van der Waals surface area contributed by atoms with Gasteiger partial charge in [-0.1, -0.05) is 13.8 Å². The van der Waals surface area contributed by atoms with Gasteiger partial charge in [0.25, 0.3) is 0 Å². The summed E-state index contributed by atoms with van der Waals surface area (Å²) in [4.78, 5) is 13.6. The van der Waals surface area contributed by atoms with Crippen LogP contribution in [0.1, 0.15) is 20.3 Å². The summed E-state index contributed by atoms with van der Waals surface area (Å²) in [6.07, 6.45) is 0.829. The molecule has 0 saturated carbocycles. The van der Waals surface area contributed by atoms with E-state index in [1.807, 2.05) is 13.8 Å². The molecule has 15 heavy (non-hydrogen) atoms. The van der Waals surface area contributed by atoms with Gasteiger partial charge in [-0.15, -0.1) is 0 Å². The number of hydrogen-bond acceptors (Lipinski definition) is 3. The van der Waals surface area contributed by atoms with Crippen LogP contribution < -0.4 is 0 Å². The Balaban J connectivity index is 1.86. The van der Waals surface area contributed by atoms with E-state index in [0.29, 0.717) is 26.3 Å². The highest BCUT2D eigenvalue weighted by molar-refractivity contribution is 5.80. The normalized spacial score (nSPS) is 29.3. The van der Waals surface area contributed by atoms with E-state index in [4.69, 9.17) is 4.74 Å². The van der Waals surface area contributed by atoms with Crippen molar-refractivity contribution >= 4 is 5.91 Å². The minimum Gasteiger partial charge on any atom is -0.386 e. The second-order valence-electron chi connectivity index (χ2n) is 5.01. The van der Waals surface area contributed by atoms with Gasteiger partial charge in [-0.3, -0.25) is 4.79 Å². The van der Waals surface area contributed by atoms with Crippen LogP contribution in [-0.2, 0) is 9.53 Å². The highest BCUT2D eigenvalue weighted by atomic mass is 16.5. The summed E-state index contributed by atoms with van der Waals surface area (Å²) < 4.78 is 5.19. The Morgan fingerprint density at radius 3 is 2.67 bits per heavy atom. The van der Waals surface area contributed by atoms with Crippen molar-refractivity contribution in [3.05, 3.63) is 0 Å². The number of aliphatic hydroxyl groups is 1. The third kappa shape index (κ3) is 1.88. The summed E-state index contributed by atoms with van der Waals surface area (Å²) in [6.45, 7) is 6.19. The molecular weight excluding hydrogens is 194 g/mol. The first-order valence-corrected chi connectivity index (χ1v) is 5.62. The third-order valence-corrected chi connectivity index (χ3v) is 3.59. The van der Waals surface area contributed by atoms with Gasteiger partial charge in [-0.05, 0) is 12.3 Å². The molecule has 0 aliphatic carbocycles. The molecule has 2 aliphatic rings. The van der Waals surface area contributed by atoms with E-state index in [1.165, 1.54) is 0 Å². The summed E-state index contributed by atoms with van der Waals surface area (Å²) in [5, 5.41) is 10.0. The van der Waals surface area contributed by atoms with Crippen molar-refractivity contribution in [3.8, 4) is 0 Å². The molecule has 0 spiro atoms. The number of hydrogen-bond donors (Lipinski definition) is 1. The number of ether oxygens (including phenoxy) is 1. The van der Waals surface area contributed by atoms with E-state index in [2.05, 4.69) is 0 Å². The van der Waals surface area contributed by atoms with E-state index in [9.17, 15) is 9.90 Å². The highest BCUT2D eigenvalue weighted by Gasteiger charge is 2.47. The number of carbonyl (C=O) groups is 1. The average molecular weight is 213 g/mol. The Labute approximate surface area is 90.2 Å². The molecule has 2 heterocycles. The van der Waals surface area contributed by atoms with Crippen LogP contribution >= 0.6 is 0 Å². The van der Waals surface area contributed by atoms with Crippen LogP contribution in [-0.4, -0.2) is 47.8 Å². The van der Waals surface area contributed by atoms with E-state index in [0.717, 1.165) is 6.42 Å². The molecule has 1 amide bonds. The molecule has 2 fully saturated rings. The molecule has 0 radical (unpaired) electrons. The van der Waals surface area contributed by atoms with Gasteiger partial charge in [-0.2, -0.15) is 0 Å². The lowest BCUT2D eigenvalue weighted by molar-refractivity contribution is -0.167. The maximum absolute atomic E-state index is 11.9. The van der Waals surface area contributed by atoms with Crippen LogP contribution in [0, 0.1) is 11.8 Å². The Morgan fingerprint density at radius 2 is 2.20 bits per heavy atom. The van der Waals surface area contributed by atoms with E-state index >= 15 is 0 Å². The van der Waals surface area contributed by atoms with E-state index < -0.39 is 5.60 Å². The van der Waals surface area contributed by atoms with Crippen molar-refractivity contribution in [1.82, 2.24) is 4.90 Å². The minimum atomic E-state index is -0.658. The van der Waals surface area contributed by atoms with Crippen LogP contribution in [0.25, 0.3) is 0 Å². The minimum absolute atomic E-state index is 0.0294. The van der Waals surface area contributed by atoms with Crippen LogP contribution in [0.15, 0.2) is 0 Å². The van der Waals surface area contributed by atoms with E-state index in [1.54, 1.807) is 4.90 Å². The zero-order valence-electron chi connectivity index (χ0n) is 9.40. The lowest BCUT2D eigenvalue weighted by Crippen LogP contribution is -2.66. The fraction of sp³-hybridized carbons (Fsp3) is 0.909. The first kappa shape index (κ1) is 10.9. The van der Waals surface area contributed by atoms with Crippen molar-refractivity contribution in [2.45, 2.75) is 25.9 Å². The lowest BCUT2D eigenvalue weighted by atomic mass is 9.82. The first-order chi connectivity index (χ1) is 7.03. The molecule has 0 aromatic heterocycles. The molecule has 2 rings (SSSR count). The summed E-state index contributed by atoms with van der Waals surface area (Å²) in [7, 11) is 0. The summed E-state index contributed by atoms with van der Waals surface area (Å²) in [6, 6.07) is 0. The first-order valence-electron chi connectivity index (χ1n) is 5.62. The fourth-order valence-corrected chi connectivity index (χ4v) is 2.12. The molecule has 1 unspecified atom stereocenters. The highest BCUT2D eigenvalue weighted by Crippen LogP contribution is 2.30. The zero-order valence-corrected chi connectivity index (χ0v) is 9.40. The smallest absolute Gasteiger partial charge is 0.228 e. The molecule has 2 saturated heterocycles. The monoisotopic (exact) mass is 213 g/mol. The molecule has 86 valence electrons. The zero-order chi connectivity index (χ0) is 11.1. The van der Waals surface area contributed by atoms with Crippen molar-refractivity contribution < 1.29 is 14.6 Å². The molecule has 0 aromatic carbocycles. The number of carbonyl (C=O) groups excluding carboxylic acids is 1.